The average Bonchev–Trinajstić information content (AvgIpc) is 2.34. The molecule has 0 unspecified atom stereocenters. The fourth-order valence-electron chi connectivity index (χ4n) is 1.63. The molecule has 0 amide bonds. The lowest BCUT2D eigenvalue weighted by molar-refractivity contribution is 0.339. The summed E-state index contributed by atoms with van der Waals surface area (Å²) >= 11 is 0. The molecule has 0 aliphatic rings. The minimum atomic E-state index is 0.411. The molecule has 2 aromatic heterocycles. The van der Waals surface area contributed by atoms with Crippen LogP contribution < -0.4 is 10.5 Å². The molecule has 94 valence electrons. The van der Waals surface area contributed by atoms with Crippen LogP contribution in [0.4, 0.5) is 5.82 Å². The summed E-state index contributed by atoms with van der Waals surface area (Å²) in [6.45, 7) is 6.32. The van der Waals surface area contributed by atoms with Crippen molar-refractivity contribution in [1.29, 1.82) is 0 Å². The van der Waals surface area contributed by atoms with E-state index in [1.54, 1.807) is 12.4 Å². The van der Waals surface area contributed by atoms with E-state index in [0.717, 1.165) is 17.0 Å². The lowest BCUT2D eigenvalue weighted by atomic mass is 10.2. The number of nitrogens with zero attached hydrogens (tertiary/aromatic N) is 3. The minimum absolute atomic E-state index is 0.411. The Labute approximate surface area is 106 Å². The zero-order chi connectivity index (χ0) is 13.1. The number of ether oxygens (including phenoxy) is 1. The maximum absolute atomic E-state index is 5.90. The van der Waals surface area contributed by atoms with Gasteiger partial charge in [-0.3, -0.25) is 4.98 Å². The fourth-order valence-corrected chi connectivity index (χ4v) is 1.63. The molecule has 0 saturated carbocycles. The predicted molar refractivity (Wildman–Crippen MR) is 70.3 cm³/mol. The van der Waals surface area contributed by atoms with E-state index in [0.29, 0.717) is 23.9 Å². The lowest BCUT2D eigenvalue weighted by Crippen LogP contribution is -2.02. The molecule has 0 radical (unpaired) electrons. The molecule has 5 nitrogen and oxygen atoms in total. The van der Waals surface area contributed by atoms with Crippen LogP contribution in [0.25, 0.3) is 11.3 Å². The van der Waals surface area contributed by atoms with E-state index in [1.165, 1.54) is 0 Å². The molecule has 0 aromatic carbocycles. The molecule has 0 saturated heterocycles. The Bertz CT molecular complexity index is 569. The molecule has 5 heteroatoms. The van der Waals surface area contributed by atoms with Gasteiger partial charge in [-0.1, -0.05) is 0 Å². The Morgan fingerprint density at radius 2 is 1.89 bits per heavy atom. The van der Waals surface area contributed by atoms with Crippen molar-refractivity contribution in [2.75, 3.05) is 12.3 Å². The largest absolute Gasteiger partial charge is 0.492 e. The fraction of sp³-hybridized carbons (Fsp3) is 0.308. The van der Waals surface area contributed by atoms with E-state index >= 15 is 0 Å². The second-order valence-corrected chi connectivity index (χ2v) is 3.97. The van der Waals surface area contributed by atoms with Crippen molar-refractivity contribution in [3.63, 3.8) is 0 Å². The minimum Gasteiger partial charge on any atom is -0.492 e. The summed E-state index contributed by atoms with van der Waals surface area (Å²) in [7, 11) is 0. The molecule has 2 N–H and O–H groups in total. The van der Waals surface area contributed by atoms with Crippen molar-refractivity contribution in [3.05, 3.63) is 29.8 Å². The monoisotopic (exact) mass is 244 g/mol. The van der Waals surface area contributed by atoms with Crippen LogP contribution >= 0.6 is 0 Å². The van der Waals surface area contributed by atoms with Gasteiger partial charge in [-0.2, -0.15) is 0 Å². The number of pyridine rings is 1. The molecule has 0 fully saturated rings. The maximum atomic E-state index is 5.90. The van der Waals surface area contributed by atoms with Crippen molar-refractivity contribution < 1.29 is 4.74 Å². The highest BCUT2D eigenvalue weighted by Gasteiger charge is 2.10. The van der Waals surface area contributed by atoms with Gasteiger partial charge in [-0.25, -0.2) is 9.97 Å². The summed E-state index contributed by atoms with van der Waals surface area (Å²) in [6.07, 6.45) is 3.37. The maximum Gasteiger partial charge on any atom is 0.150 e. The number of nitrogen functional groups attached to an aromatic ring is 1. The second-order valence-electron chi connectivity index (χ2n) is 3.97. The Kier molecular flexibility index (Phi) is 3.41. The Balaban J connectivity index is 2.48. The van der Waals surface area contributed by atoms with Crippen LogP contribution in [0.1, 0.15) is 18.3 Å². The summed E-state index contributed by atoms with van der Waals surface area (Å²) < 4.78 is 5.41. The average molecular weight is 244 g/mol. The van der Waals surface area contributed by atoms with Gasteiger partial charge in [0, 0.05) is 11.8 Å². The summed E-state index contributed by atoms with van der Waals surface area (Å²) in [5, 5.41) is 0. The molecular formula is C13H16N4O. The first kappa shape index (κ1) is 12.3. The molecule has 2 heterocycles. The third-order valence-electron chi connectivity index (χ3n) is 2.63. The van der Waals surface area contributed by atoms with Crippen LogP contribution in [0.15, 0.2) is 18.5 Å². The van der Waals surface area contributed by atoms with Crippen molar-refractivity contribution in [2.45, 2.75) is 20.8 Å². The van der Waals surface area contributed by atoms with Gasteiger partial charge in [0.05, 0.1) is 24.2 Å². The van der Waals surface area contributed by atoms with Crippen LogP contribution in [0.3, 0.4) is 0 Å². The van der Waals surface area contributed by atoms with Crippen molar-refractivity contribution >= 4 is 5.82 Å². The van der Waals surface area contributed by atoms with Gasteiger partial charge in [-0.15, -0.1) is 0 Å². The SMILES string of the molecule is CCOc1cncc(-c2nc(C)c(C)nc2N)c1. The Hall–Kier alpha value is -2.17. The van der Waals surface area contributed by atoms with Gasteiger partial charge in [-0.05, 0) is 26.8 Å². The molecule has 0 atom stereocenters. The van der Waals surface area contributed by atoms with E-state index in [4.69, 9.17) is 10.5 Å². The molecule has 18 heavy (non-hydrogen) atoms. The van der Waals surface area contributed by atoms with Crippen LogP contribution in [-0.2, 0) is 0 Å². The quantitative estimate of drug-likeness (QED) is 0.895. The highest BCUT2D eigenvalue weighted by atomic mass is 16.5. The number of aryl methyl sites for hydroxylation is 2. The normalized spacial score (nSPS) is 10.4. The Morgan fingerprint density at radius 3 is 2.61 bits per heavy atom. The number of rotatable bonds is 3. The number of hydrogen-bond acceptors (Lipinski definition) is 5. The van der Waals surface area contributed by atoms with Gasteiger partial charge in [0.1, 0.15) is 17.3 Å². The van der Waals surface area contributed by atoms with Gasteiger partial charge in [0.25, 0.3) is 0 Å². The van der Waals surface area contributed by atoms with Gasteiger partial charge < -0.3 is 10.5 Å². The molecule has 2 aromatic rings. The van der Waals surface area contributed by atoms with E-state index in [2.05, 4.69) is 15.0 Å². The summed E-state index contributed by atoms with van der Waals surface area (Å²) in [5.41, 5.74) is 9.06. The van der Waals surface area contributed by atoms with Crippen LogP contribution in [-0.4, -0.2) is 21.6 Å². The van der Waals surface area contributed by atoms with Crippen LogP contribution in [0, 0.1) is 13.8 Å². The summed E-state index contributed by atoms with van der Waals surface area (Å²) in [5.74, 6) is 1.11. The van der Waals surface area contributed by atoms with Gasteiger partial charge in [0.15, 0.2) is 0 Å². The smallest absolute Gasteiger partial charge is 0.150 e. The van der Waals surface area contributed by atoms with E-state index in [1.807, 2.05) is 26.8 Å². The first-order valence-corrected chi connectivity index (χ1v) is 5.80. The summed E-state index contributed by atoms with van der Waals surface area (Å²) in [6, 6.07) is 1.87. The van der Waals surface area contributed by atoms with E-state index in [9.17, 15) is 0 Å². The molecule has 0 aliphatic carbocycles. The van der Waals surface area contributed by atoms with E-state index < -0.39 is 0 Å². The molecule has 0 spiro atoms. The highest BCUT2D eigenvalue weighted by Crippen LogP contribution is 2.25. The number of nitrogens with two attached hydrogens (primary N) is 1. The predicted octanol–water partition coefficient (Wildman–Crippen LogP) is 2.14. The topological polar surface area (TPSA) is 73.9 Å². The van der Waals surface area contributed by atoms with Gasteiger partial charge in [0.2, 0.25) is 0 Å². The lowest BCUT2D eigenvalue weighted by Gasteiger charge is -2.09. The van der Waals surface area contributed by atoms with Crippen molar-refractivity contribution in [2.24, 2.45) is 0 Å². The summed E-state index contributed by atoms with van der Waals surface area (Å²) in [4.78, 5) is 12.9. The first-order valence-electron chi connectivity index (χ1n) is 5.80. The van der Waals surface area contributed by atoms with Gasteiger partial charge >= 0.3 is 0 Å². The molecule has 0 bridgehead atoms. The highest BCUT2D eigenvalue weighted by molar-refractivity contribution is 5.70. The first-order chi connectivity index (χ1) is 8.61. The molecule has 0 aliphatic heterocycles. The Morgan fingerprint density at radius 1 is 1.17 bits per heavy atom. The second kappa shape index (κ2) is 5.00. The van der Waals surface area contributed by atoms with Crippen molar-refractivity contribution in [1.82, 2.24) is 15.0 Å². The molecular weight excluding hydrogens is 228 g/mol. The van der Waals surface area contributed by atoms with E-state index in [-0.39, 0.29) is 0 Å². The standard InChI is InChI=1S/C13H16N4O/c1-4-18-11-5-10(6-15-7-11)12-13(14)17-9(3)8(2)16-12/h5-7H,4H2,1-3H3,(H2,14,17). The van der Waals surface area contributed by atoms with Crippen molar-refractivity contribution in [3.8, 4) is 17.0 Å². The number of anilines is 1. The zero-order valence-electron chi connectivity index (χ0n) is 10.8. The number of hydrogen-bond donors (Lipinski definition) is 1. The zero-order valence-corrected chi connectivity index (χ0v) is 10.8. The molecule has 2 rings (SSSR count). The van der Waals surface area contributed by atoms with Crippen LogP contribution in [0.2, 0.25) is 0 Å². The van der Waals surface area contributed by atoms with Crippen LogP contribution in [0.5, 0.6) is 5.75 Å². The number of aromatic nitrogens is 3. The third kappa shape index (κ3) is 2.40. The third-order valence-corrected chi connectivity index (χ3v) is 2.63.